The highest BCUT2D eigenvalue weighted by molar-refractivity contribution is 5.92. The van der Waals surface area contributed by atoms with Gasteiger partial charge in [-0.05, 0) is 18.4 Å². The number of carbonyl (C=O) groups is 2. The molecule has 0 saturated heterocycles. The summed E-state index contributed by atoms with van der Waals surface area (Å²) in [4.78, 5) is 22.8. The van der Waals surface area contributed by atoms with Crippen molar-refractivity contribution in [2.24, 2.45) is 5.73 Å². The van der Waals surface area contributed by atoms with Gasteiger partial charge in [0.25, 0.3) is 0 Å². The van der Waals surface area contributed by atoms with Gasteiger partial charge >= 0.3 is 5.97 Å². The highest BCUT2D eigenvalue weighted by Gasteiger charge is 2.47. The molecule has 0 bridgehead atoms. The van der Waals surface area contributed by atoms with Crippen LogP contribution >= 0.6 is 0 Å². The van der Waals surface area contributed by atoms with E-state index >= 15 is 0 Å². The summed E-state index contributed by atoms with van der Waals surface area (Å²) in [5, 5.41) is 11.6. The fourth-order valence-electron chi connectivity index (χ4n) is 1.57. The molecule has 1 saturated carbocycles. The van der Waals surface area contributed by atoms with Gasteiger partial charge in [-0.3, -0.25) is 4.79 Å². The molecular formula is C12H14N2O3. The van der Waals surface area contributed by atoms with Crippen molar-refractivity contribution < 1.29 is 14.7 Å². The molecule has 5 nitrogen and oxygen atoms in total. The molecule has 0 aromatic heterocycles. The van der Waals surface area contributed by atoms with Gasteiger partial charge in [-0.25, -0.2) is 4.79 Å². The molecule has 17 heavy (non-hydrogen) atoms. The van der Waals surface area contributed by atoms with Gasteiger partial charge in [0, 0.05) is 0 Å². The van der Waals surface area contributed by atoms with Crippen LogP contribution in [0.1, 0.15) is 24.4 Å². The van der Waals surface area contributed by atoms with E-state index in [0.29, 0.717) is 18.4 Å². The molecule has 1 aliphatic carbocycles. The number of nitrogens with two attached hydrogens (primary N) is 1. The lowest BCUT2D eigenvalue weighted by molar-refractivity contribution is -0.142. The van der Waals surface area contributed by atoms with E-state index in [4.69, 9.17) is 10.8 Å². The van der Waals surface area contributed by atoms with Crippen molar-refractivity contribution in [3.05, 3.63) is 35.9 Å². The van der Waals surface area contributed by atoms with Crippen molar-refractivity contribution in [1.82, 2.24) is 5.32 Å². The van der Waals surface area contributed by atoms with Crippen LogP contribution in [0, 0.1) is 0 Å². The predicted octanol–water partition coefficient (Wildman–Crippen LogP) is 0.420. The van der Waals surface area contributed by atoms with Crippen molar-refractivity contribution >= 4 is 11.9 Å². The number of rotatable bonds is 4. The summed E-state index contributed by atoms with van der Waals surface area (Å²) < 4.78 is 0. The Balaban J connectivity index is 2.14. The fraction of sp³-hybridized carbons (Fsp3) is 0.333. The van der Waals surface area contributed by atoms with Crippen LogP contribution in [0.4, 0.5) is 0 Å². The lowest BCUT2D eigenvalue weighted by Gasteiger charge is -2.17. The Morgan fingerprint density at radius 2 is 1.88 bits per heavy atom. The quantitative estimate of drug-likeness (QED) is 0.704. The number of hydrogen-bond donors (Lipinski definition) is 3. The van der Waals surface area contributed by atoms with Crippen molar-refractivity contribution in [1.29, 1.82) is 0 Å². The summed E-state index contributed by atoms with van der Waals surface area (Å²) >= 11 is 0. The van der Waals surface area contributed by atoms with E-state index in [9.17, 15) is 9.59 Å². The third-order valence-electron chi connectivity index (χ3n) is 2.90. The van der Waals surface area contributed by atoms with Crippen molar-refractivity contribution in [3.63, 3.8) is 0 Å². The summed E-state index contributed by atoms with van der Waals surface area (Å²) in [5.41, 5.74) is 5.39. The monoisotopic (exact) mass is 234 g/mol. The van der Waals surface area contributed by atoms with Crippen LogP contribution in [0.15, 0.2) is 30.3 Å². The summed E-state index contributed by atoms with van der Waals surface area (Å²) in [5.74, 6) is -1.48. The topological polar surface area (TPSA) is 92.4 Å². The van der Waals surface area contributed by atoms with Crippen LogP contribution in [-0.4, -0.2) is 22.5 Å². The predicted molar refractivity (Wildman–Crippen MR) is 61.1 cm³/mol. The van der Waals surface area contributed by atoms with Crippen LogP contribution in [0.5, 0.6) is 0 Å². The zero-order valence-corrected chi connectivity index (χ0v) is 9.22. The highest BCUT2D eigenvalue weighted by atomic mass is 16.4. The number of carboxylic acids is 1. The second-order valence-electron chi connectivity index (χ2n) is 4.31. The smallest absolute Gasteiger partial charge is 0.330 e. The van der Waals surface area contributed by atoms with Gasteiger partial charge in [0.2, 0.25) is 5.91 Å². The Morgan fingerprint density at radius 1 is 1.29 bits per heavy atom. The summed E-state index contributed by atoms with van der Waals surface area (Å²) in [6, 6.07) is 7.53. The van der Waals surface area contributed by atoms with Gasteiger partial charge in [-0.15, -0.1) is 0 Å². The normalized spacial score (nSPS) is 18.2. The molecule has 90 valence electrons. The number of carboxylic acid groups (broad SMARTS) is 1. The molecule has 1 fully saturated rings. The molecule has 1 aliphatic rings. The molecule has 1 aromatic rings. The SMILES string of the molecule is NC1(C(=O)NC(C(=O)O)c2ccccc2)CC1. The molecule has 0 radical (unpaired) electrons. The number of aliphatic carboxylic acids is 1. The number of benzene rings is 1. The first-order valence-electron chi connectivity index (χ1n) is 5.40. The summed E-state index contributed by atoms with van der Waals surface area (Å²) in [7, 11) is 0. The third kappa shape index (κ3) is 2.45. The second-order valence-corrected chi connectivity index (χ2v) is 4.31. The van der Waals surface area contributed by atoms with Gasteiger partial charge in [0.05, 0.1) is 5.54 Å². The maximum atomic E-state index is 11.7. The van der Waals surface area contributed by atoms with E-state index in [0.717, 1.165) is 0 Å². The molecule has 5 heteroatoms. The standard InChI is InChI=1S/C12H14N2O3/c13-12(6-7-12)11(17)14-9(10(15)16)8-4-2-1-3-5-8/h1-5,9H,6-7,13H2,(H,14,17)(H,15,16). The first-order chi connectivity index (χ1) is 8.03. The lowest BCUT2D eigenvalue weighted by Crippen LogP contribution is -2.46. The molecule has 0 spiro atoms. The molecule has 4 N–H and O–H groups in total. The van der Waals surface area contributed by atoms with Crippen LogP contribution in [0.2, 0.25) is 0 Å². The molecule has 1 aromatic carbocycles. The van der Waals surface area contributed by atoms with E-state index in [2.05, 4.69) is 5.32 Å². The van der Waals surface area contributed by atoms with Crippen molar-refractivity contribution in [3.8, 4) is 0 Å². The number of hydrogen-bond acceptors (Lipinski definition) is 3. The summed E-state index contributed by atoms with van der Waals surface area (Å²) in [6.45, 7) is 0. The van der Waals surface area contributed by atoms with Gasteiger partial charge in [0.1, 0.15) is 0 Å². The Morgan fingerprint density at radius 3 is 2.35 bits per heavy atom. The van der Waals surface area contributed by atoms with Crippen LogP contribution in [0.25, 0.3) is 0 Å². The maximum absolute atomic E-state index is 11.7. The average molecular weight is 234 g/mol. The minimum atomic E-state index is -1.09. The molecular weight excluding hydrogens is 220 g/mol. The van der Waals surface area contributed by atoms with Crippen LogP contribution in [-0.2, 0) is 9.59 Å². The van der Waals surface area contributed by atoms with E-state index in [1.54, 1.807) is 30.3 Å². The van der Waals surface area contributed by atoms with E-state index < -0.39 is 23.5 Å². The van der Waals surface area contributed by atoms with Gasteiger partial charge in [0.15, 0.2) is 6.04 Å². The van der Waals surface area contributed by atoms with E-state index in [1.807, 2.05) is 0 Å². The first kappa shape index (κ1) is 11.6. The molecule has 0 heterocycles. The first-order valence-corrected chi connectivity index (χ1v) is 5.40. The van der Waals surface area contributed by atoms with Crippen LogP contribution in [0.3, 0.4) is 0 Å². The molecule has 2 rings (SSSR count). The van der Waals surface area contributed by atoms with Gasteiger partial charge in [-0.2, -0.15) is 0 Å². The number of amides is 1. The Hall–Kier alpha value is -1.88. The minimum absolute atomic E-state index is 0.395. The lowest BCUT2D eigenvalue weighted by atomic mass is 10.1. The zero-order valence-electron chi connectivity index (χ0n) is 9.22. The maximum Gasteiger partial charge on any atom is 0.330 e. The van der Waals surface area contributed by atoms with E-state index in [1.165, 1.54) is 0 Å². The third-order valence-corrected chi connectivity index (χ3v) is 2.90. The summed E-state index contributed by atoms with van der Waals surface area (Å²) in [6.07, 6.45) is 1.22. The molecule has 1 atom stereocenters. The minimum Gasteiger partial charge on any atom is -0.479 e. The number of carbonyl (C=O) groups excluding carboxylic acids is 1. The average Bonchev–Trinajstić information content (AvgIpc) is 3.06. The Bertz CT molecular complexity index is 440. The molecule has 1 unspecified atom stereocenters. The molecule has 1 amide bonds. The fourth-order valence-corrected chi connectivity index (χ4v) is 1.57. The highest BCUT2D eigenvalue weighted by Crippen LogP contribution is 2.32. The van der Waals surface area contributed by atoms with Crippen molar-refractivity contribution in [2.45, 2.75) is 24.4 Å². The van der Waals surface area contributed by atoms with Crippen LogP contribution < -0.4 is 11.1 Å². The second kappa shape index (κ2) is 4.18. The van der Waals surface area contributed by atoms with E-state index in [-0.39, 0.29) is 0 Å². The van der Waals surface area contributed by atoms with Crippen molar-refractivity contribution in [2.75, 3.05) is 0 Å². The Kier molecular flexibility index (Phi) is 2.85. The van der Waals surface area contributed by atoms with Gasteiger partial charge < -0.3 is 16.2 Å². The number of nitrogens with one attached hydrogen (secondary N) is 1. The molecule has 0 aliphatic heterocycles. The zero-order chi connectivity index (χ0) is 12.5. The Labute approximate surface area is 98.6 Å². The van der Waals surface area contributed by atoms with Gasteiger partial charge in [-0.1, -0.05) is 30.3 Å². The largest absolute Gasteiger partial charge is 0.479 e.